The summed E-state index contributed by atoms with van der Waals surface area (Å²) in [4.78, 5) is 12.0. The summed E-state index contributed by atoms with van der Waals surface area (Å²) in [6.07, 6.45) is 4.00. The minimum atomic E-state index is 0.0183. The summed E-state index contributed by atoms with van der Waals surface area (Å²) in [5.41, 5.74) is 0.738. The Morgan fingerprint density at radius 3 is 2.82 bits per heavy atom. The van der Waals surface area contributed by atoms with Gasteiger partial charge in [0.05, 0.1) is 0 Å². The molecule has 0 aliphatic carbocycles. The second kappa shape index (κ2) is 6.84. The van der Waals surface area contributed by atoms with Gasteiger partial charge in [-0.3, -0.25) is 4.79 Å². The summed E-state index contributed by atoms with van der Waals surface area (Å²) < 4.78 is 2.95. The zero-order valence-corrected chi connectivity index (χ0v) is 12.4. The smallest absolute Gasteiger partial charge is 0.267 e. The van der Waals surface area contributed by atoms with Gasteiger partial charge in [0.2, 0.25) is 0 Å². The first kappa shape index (κ1) is 14.3. The average molecular weight is 301 g/mol. The lowest BCUT2D eigenvalue weighted by Crippen LogP contribution is -2.27. The molecule has 1 amide bonds. The van der Waals surface area contributed by atoms with Crippen molar-refractivity contribution < 1.29 is 4.79 Å². The van der Waals surface area contributed by atoms with Crippen LogP contribution in [0.2, 0.25) is 0 Å². The van der Waals surface area contributed by atoms with Gasteiger partial charge in [-0.2, -0.15) is 0 Å². The van der Waals surface area contributed by atoms with E-state index in [9.17, 15) is 4.79 Å². The minimum absolute atomic E-state index is 0.0183. The maximum atomic E-state index is 12.0. The molecule has 3 nitrogen and oxygen atoms in total. The van der Waals surface area contributed by atoms with Crippen LogP contribution in [-0.4, -0.2) is 17.0 Å². The molecular weight excluding hydrogens is 280 g/mol. The zero-order chi connectivity index (χ0) is 12.8. The third-order valence-electron chi connectivity index (χ3n) is 2.57. The van der Waals surface area contributed by atoms with Gasteiger partial charge in [0.15, 0.2) is 0 Å². The van der Waals surface area contributed by atoms with Crippen LogP contribution in [0.3, 0.4) is 0 Å². The van der Waals surface area contributed by atoms with Crippen LogP contribution in [0.1, 0.15) is 44.1 Å². The van der Waals surface area contributed by atoms with E-state index in [2.05, 4.69) is 42.0 Å². The Morgan fingerprint density at radius 2 is 2.24 bits per heavy atom. The van der Waals surface area contributed by atoms with E-state index in [1.165, 1.54) is 0 Å². The van der Waals surface area contributed by atoms with Gasteiger partial charge >= 0.3 is 0 Å². The van der Waals surface area contributed by atoms with Crippen molar-refractivity contribution >= 4 is 21.8 Å². The Bertz CT molecular complexity index is 371. The van der Waals surface area contributed by atoms with Crippen LogP contribution in [-0.2, 0) is 6.54 Å². The molecule has 1 heterocycles. The van der Waals surface area contributed by atoms with Crippen molar-refractivity contribution in [1.82, 2.24) is 9.88 Å². The maximum absolute atomic E-state index is 12.0. The number of aromatic nitrogens is 1. The van der Waals surface area contributed by atoms with Crippen molar-refractivity contribution in [3.8, 4) is 0 Å². The fourth-order valence-electron chi connectivity index (χ4n) is 1.66. The molecule has 96 valence electrons. The summed E-state index contributed by atoms with van der Waals surface area (Å²) in [7, 11) is 0. The molecule has 1 rings (SSSR count). The number of rotatable bonds is 6. The second-order valence-corrected chi connectivity index (χ2v) is 5.59. The molecule has 0 atom stereocenters. The molecule has 1 aromatic rings. The molecule has 0 spiro atoms. The maximum Gasteiger partial charge on any atom is 0.267 e. The lowest BCUT2D eigenvalue weighted by atomic mass is 10.1. The number of nitrogens with zero attached hydrogens (tertiary/aromatic N) is 1. The number of hydrogen-bond donors (Lipinski definition) is 1. The molecule has 0 saturated carbocycles. The van der Waals surface area contributed by atoms with Crippen LogP contribution >= 0.6 is 15.9 Å². The molecule has 4 heteroatoms. The fourth-order valence-corrected chi connectivity index (χ4v) is 2.12. The predicted octanol–water partition coefficient (Wildman–Crippen LogP) is 3.44. The first-order chi connectivity index (χ1) is 8.04. The highest BCUT2D eigenvalue weighted by Crippen LogP contribution is 2.15. The van der Waals surface area contributed by atoms with Gasteiger partial charge in [-0.15, -0.1) is 0 Å². The topological polar surface area (TPSA) is 34.0 Å². The molecule has 0 saturated heterocycles. The van der Waals surface area contributed by atoms with Gasteiger partial charge < -0.3 is 9.88 Å². The number of nitrogens with one attached hydrogen (secondary N) is 1. The third-order valence-corrected chi connectivity index (χ3v) is 3.00. The standard InChI is InChI=1S/C13H21BrN2O/c1-4-7-16-9-11(14)8-12(16)13(17)15-6-5-10(2)3/h8-10H,4-7H2,1-3H3,(H,15,17). The van der Waals surface area contributed by atoms with Crippen molar-refractivity contribution in [3.05, 3.63) is 22.4 Å². The molecule has 0 unspecified atom stereocenters. The Morgan fingerprint density at radius 1 is 1.53 bits per heavy atom. The third kappa shape index (κ3) is 4.54. The van der Waals surface area contributed by atoms with Crippen molar-refractivity contribution in [1.29, 1.82) is 0 Å². The molecule has 17 heavy (non-hydrogen) atoms. The van der Waals surface area contributed by atoms with E-state index in [1.807, 2.05) is 16.8 Å². The Hall–Kier alpha value is -0.770. The molecule has 1 aromatic heterocycles. The van der Waals surface area contributed by atoms with Gasteiger partial charge in [-0.05, 0) is 40.8 Å². The Balaban J connectivity index is 2.61. The van der Waals surface area contributed by atoms with Crippen LogP contribution in [0.4, 0.5) is 0 Å². The van der Waals surface area contributed by atoms with Crippen molar-refractivity contribution in [2.24, 2.45) is 5.92 Å². The van der Waals surface area contributed by atoms with Gasteiger partial charge in [-0.1, -0.05) is 20.8 Å². The number of carbonyl (C=O) groups excluding carboxylic acids is 1. The second-order valence-electron chi connectivity index (χ2n) is 4.68. The number of amides is 1. The zero-order valence-electron chi connectivity index (χ0n) is 10.8. The average Bonchev–Trinajstić information content (AvgIpc) is 2.59. The SMILES string of the molecule is CCCn1cc(Br)cc1C(=O)NCCC(C)C. The highest BCUT2D eigenvalue weighted by Gasteiger charge is 2.12. The van der Waals surface area contributed by atoms with Crippen molar-refractivity contribution in [3.63, 3.8) is 0 Å². The molecule has 0 radical (unpaired) electrons. The quantitative estimate of drug-likeness (QED) is 0.858. The first-order valence-corrected chi connectivity index (χ1v) is 6.97. The molecule has 0 aliphatic heterocycles. The van der Waals surface area contributed by atoms with Crippen molar-refractivity contribution in [2.45, 2.75) is 40.2 Å². The van der Waals surface area contributed by atoms with Crippen LogP contribution in [0, 0.1) is 5.92 Å². The minimum Gasteiger partial charge on any atom is -0.351 e. The predicted molar refractivity (Wildman–Crippen MR) is 74.2 cm³/mol. The van der Waals surface area contributed by atoms with Crippen LogP contribution in [0.25, 0.3) is 0 Å². The Kier molecular flexibility index (Phi) is 5.75. The van der Waals surface area contributed by atoms with E-state index in [0.29, 0.717) is 5.92 Å². The summed E-state index contributed by atoms with van der Waals surface area (Å²) in [5.74, 6) is 0.634. The lowest BCUT2D eigenvalue weighted by Gasteiger charge is -2.09. The van der Waals surface area contributed by atoms with Gasteiger partial charge in [0, 0.05) is 23.8 Å². The summed E-state index contributed by atoms with van der Waals surface area (Å²) in [5, 5.41) is 2.96. The molecule has 0 aliphatic rings. The van der Waals surface area contributed by atoms with Crippen LogP contribution < -0.4 is 5.32 Å². The van der Waals surface area contributed by atoms with E-state index in [0.717, 1.165) is 36.1 Å². The summed E-state index contributed by atoms with van der Waals surface area (Å²) in [6, 6.07) is 1.88. The van der Waals surface area contributed by atoms with Gasteiger partial charge in [0.25, 0.3) is 5.91 Å². The van der Waals surface area contributed by atoms with Crippen LogP contribution in [0.5, 0.6) is 0 Å². The Labute approximate surface area is 112 Å². The molecule has 1 N–H and O–H groups in total. The van der Waals surface area contributed by atoms with Gasteiger partial charge in [0.1, 0.15) is 5.69 Å². The monoisotopic (exact) mass is 300 g/mol. The molecule has 0 fully saturated rings. The summed E-state index contributed by atoms with van der Waals surface area (Å²) in [6.45, 7) is 8.03. The van der Waals surface area contributed by atoms with E-state index < -0.39 is 0 Å². The molecular formula is C13H21BrN2O. The van der Waals surface area contributed by atoms with Gasteiger partial charge in [-0.25, -0.2) is 0 Å². The lowest BCUT2D eigenvalue weighted by molar-refractivity contribution is 0.0942. The number of halogens is 1. The summed E-state index contributed by atoms with van der Waals surface area (Å²) >= 11 is 3.41. The van der Waals surface area contributed by atoms with Crippen molar-refractivity contribution in [2.75, 3.05) is 6.54 Å². The van der Waals surface area contributed by atoms with E-state index in [4.69, 9.17) is 0 Å². The molecule has 0 bridgehead atoms. The highest BCUT2D eigenvalue weighted by atomic mass is 79.9. The normalized spacial score (nSPS) is 10.9. The first-order valence-electron chi connectivity index (χ1n) is 6.18. The van der Waals surface area contributed by atoms with Crippen LogP contribution in [0.15, 0.2) is 16.7 Å². The fraction of sp³-hybridized carbons (Fsp3) is 0.615. The number of carbonyl (C=O) groups is 1. The van der Waals surface area contributed by atoms with E-state index >= 15 is 0 Å². The van der Waals surface area contributed by atoms with E-state index in [-0.39, 0.29) is 5.91 Å². The number of aryl methyl sites for hydroxylation is 1. The number of hydrogen-bond acceptors (Lipinski definition) is 1. The van der Waals surface area contributed by atoms with E-state index in [1.54, 1.807) is 0 Å². The highest BCUT2D eigenvalue weighted by molar-refractivity contribution is 9.10. The molecule has 0 aromatic carbocycles. The largest absolute Gasteiger partial charge is 0.351 e.